The summed E-state index contributed by atoms with van der Waals surface area (Å²) in [5.74, 6) is -3.21. The van der Waals surface area contributed by atoms with Crippen LogP contribution in [-0.4, -0.2) is 0 Å². The highest BCUT2D eigenvalue weighted by Crippen LogP contribution is 2.30. The third kappa shape index (κ3) is 2.76. The van der Waals surface area contributed by atoms with Crippen LogP contribution in [-0.2, 0) is 0 Å². The van der Waals surface area contributed by atoms with E-state index in [0.29, 0.717) is 4.47 Å². The van der Waals surface area contributed by atoms with Crippen LogP contribution in [0.3, 0.4) is 0 Å². The summed E-state index contributed by atoms with van der Waals surface area (Å²) in [7, 11) is 0. The maximum atomic E-state index is 13.4. The normalized spacial score (nSPS) is 10.4. The largest absolute Gasteiger partial charge is 0.454 e. The molecule has 0 bridgehead atoms. The van der Waals surface area contributed by atoms with E-state index >= 15 is 0 Å². The van der Waals surface area contributed by atoms with E-state index in [1.807, 2.05) is 0 Å². The van der Waals surface area contributed by atoms with Crippen molar-refractivity contribution in [1.29, 1.82) is 0 Å². The van der Waals surface area contributed by atoms with Gasteiger partial charge in [-0.1, -0.05) is 15.9 Å². The van der Waals surface area contributed by atoms with E-state index in [1.54, 1.807) is 0 Å². The summed E-state index contributed by atoms with van der Waals surface area (Å²) < 4.78 is 45.0. The number of halogens is 4. The Labute approximate surface area is 109 Å². The molecule has 2 nitrogen and oxygen atoms in total. The molecule has 2 aromatic rings. The molecule has 0 radical (unpaired) electrons. The van der Waals surface area contributed by atoms with Crippen LogP contribution in [0.4, 0.5) is 18.9 Å². The second-order valence-electron chi connectivity index (χ2n) is 3.52. The van der Waals surface area contributed by atoms with E-state index in [9.17, 15) is 13.2 Å². The van der Waals surface area contributed by atoms with Crippen LogP contribution >= 0.6 is 15.9 Å². The van der Waals surface area contributed by atoms with Crippen LogP contribution < -0.4 is 10.5 Å². The van der Waals surface area contributed by atoms with Gasteiger partial charge in [-0.05, 0) is 18.2 Å². The van der Waals surface area contributed by atoms with Crippen LogP contribution in [0.1, 0.15) is 0 Å². The van der Waals surface area contributed by atoms with Gasteiger partial charge in [-0.25, -0.2) is 8.78 Å². The zero-order chi connectivity index (χ0) is 13.3. The summed E-state index contributed by atoms with van der Waals surface area (Å²) >= 11 is 3.00. The molecule has 2 rings (SSSR count). The van der Waals surface area contributed by atoms with Gasteiger partial charge in [0.25, 0.3) is 0 Å². The lowest BCUT2D eigenvalue weighted by molar-refractivity contribution is 0.413. The van der Waals surface area contributed by atoms with Gasteiger partial charge in [-0.2, -0.15) is 4.39 Å². The zero-order valence-corrected chi connectivity index (χ0v) is 10.5. The summed E-state index contributed by atoms with van der Waals surface area (Å²) in [6.45, 7) is 0. The summed E-state index contributed by atoms with van der Waals surface area (Å²) in [4.78, 5) is 0. The van der Waals surface area contributed by atoms with E-state index in [-0.39, 0.29) is 17.2 Å². The second kappa shape index (κ2) is 4.89. The molecule has 2 N–H and O–H groups in total. The number of hydrogen-bond acceptors (Lipinski definition) is 2. The van der Waals surface area contributed by atoms with E-state index in [2.05, 4.69) is 15.9 Å². The van der Waals surface area contributed by atoms with Crippen LogP contribution in [0.2, 0.25) is 0 Å². The first kappa shape index (κ1) is 12.8. The maximum Gasteiger partial charge on any atom is 0.201 e. The molecule has 0 unspecified atom stereocenters. The molecule has 0 spiro atoms. The van der Waals surface area contributed by atoms with Gasteiger partial charge < -0.3 is 10.5 Å². The van der Waals surface area contributed by atoms with Gasteiger partial charge in [0, 0.05) is 22.3 Å². The highest BCUT2D eigenvalue weighted by atomic mass is 79.9. The fourth-order valence-electron chi connectivity index (χ4n) is 1.38. The van der Waals surface area contributed by atoms with Crippen molar-refractivity contribution in [3.05, 3.63) is 52.3 Å². The van der Waals surface area contributed by atoms with Gasteiger partial charge in [-0.15, -0.1) is 0 Å². The van der Waals surface area contributed by atoms with Gasteiger partial charge in [0.15, 0.2) is 11.6 Å². The van der Waals surface area contributed by atoms with Crippen molar-refractivity contribution >= 4 is 21.6 Å². The predicted octanol–water partition coefficient (Wildman–Crippen LogP) is 4.24. The van der Waals surface area contributed by atoms with Crippen molar-refractivity contribution in [2.75, 3.05) is 5.73 Å². The Balaban J connectivity index is 2.39. The Morgan fingerprint density at radius 1 is 1.00 bits per heavy atom. The van der Waals surface area contributed by atoms with E-state index in [4.69, 9.17) is 10.5 Å². The topological polar surface area (TPSA) is 35.2 Å². The molecule has 0 saturated heterocycles. The van der Waals surface area contributed by atoms with E-state index in [0.717, 1.165) is 18.2 Å². The number of rotatable bonds is 2. The molecule has 0 amide bonds. The minimum Gasteiger partial charge on any atom is -0.454 e. The Hall–Kier alpha value is -1.69. The van der Waals surface area contributed by atoms with Gasteiger partial charge >= 0.3 is 0 Å². The van der Waals surface area contributed by atoms with Gasteiger partial charge in [-0.3, -0.25) is 0 Å². The third-order valence-corrected chi connectivity index (χ3v) is 2.54. The highest BCUT2D eigenvalue weighted by Gasteiger charge is 2.12. The lowest BCUT2D eigenvalue weighted by Crippen LogP contribution is -1.94. The monoisotopic (exact) mass is 317 g/mol. The highest BCUT2D eigenvalue weighted by molar-refractivity contribution is 9.10. The third-order valence-electron chi connectivity index (χ3n) is 2.08. The SMILES string of the molecule is Nc1cc(F)cc(Oc2cc(Br)cc(F)c2F)c1. The second-order valence-corrected chi connectivity index (χ2v) is 4.44. The lowest BCUT2D eigenvalue weighted by Gasteiger charge is -2.08. The van der Waals surface area contributed by atoms with Crippen LogP contribution in [0.5, 0.6) is 11.5 Å². The average molecular weight is 318 g/mol. The molecule has 0 fully saturated rings. The number of anilines is 1. The summed E-state index contributed by atoms with van der Waals surface area (Å²) in [5.41, 5.74) is 5.54. The number of nitrogen functional groups attached to an aromatic ring is 1. The van der Waals surface area contributed by atoms with E-state index < -0.39 is 17.5 Å². The van der Waals surface area contributed by atoms with Gasteiger partial charge in [0.1, 0.15) is 11.6 Å². The van der Waals surface area contributed by atoms with Crippen molar-refractivity contribution in [3.8, 4) is 11.5 Å². The van der Waals surface area contributed by atoms with Crippen LogP contribution in [0, 0.1) is 17.5 Å². The molecular weight excluding hydrogens is 311 g/mol. The van der Waals surface area contributed by atoms with Crippen molar-refractivity contribution < 1.29 is 17.9 Å². The minimum atomic E-state index is -1.15. The molecule has 2 aromatic carbocycles. The summed E-state index contributed by atoms with van der Waals surface area (Å²) in [6, 6.07) is 5.61. The molecule has 0 aliphatic heterocycles. The van der Waals surface area contributed by atoms with Crippen molar-refractivity contribution in [1.82, 2.24) is 0 Å². The first-order valence-electron chi connectivity index (χ1n) is 4.84. The summed E-state index contributed by atoms with van der Waals surface area (Å²) in [6.07, 6.45) is 0. The molecule has 0 atom stereocenters. The van der Waals surface area contributed by atoms with Crippen LogP contribution in [0.25, 0.3) is 0 Å². The number of hydrogen-bond donors (Lipinski definition) is 1. The molecule has 18 heavy (non-hydrogen) atoms. The predicted molar refractivity (Wildman–Crippen MR) is 64.9 cm³/mol. The van der Waals surface area contributed by atoms with E-state index in [1.165, 1.54) is 12.1 Å². The Bertz CT molecular complexity index is 584. The number of benzene rings is 2. The molecule has 0 aromatic heterocycles. The first-order valence-corrected chi connectivity index (χ1v) is 5.63. The Morgan fingerprint density at radius 3 is 2.39 bits per heavy atom. The van der Waals surface area contributed by atoms with Gasteiger partial charge in [0.05, 0.1) is 0 Å². The Morgan fingerprint density at radius 2 is 1.72 bits per heavy atom. The molecule has 0 aliphatic rings. The number of ether oxygens (including phenoxy) is 1. The quantitative estimate of drug-likeness (QED) is 0.664. The maximum absolute atomic E-state index is 13.4. The molecule has 0 saturated carbocycles. The fraction of sp³-hybridized carbons (Fsp3) is 0. The lowest BCUT2D eigenvalue weighted by atomic mass is 10.3. The van der Waals surface area contributed by atoms with Crippen molar-refractivity contribution in [2.24, 2.45) is 0 Å². The fourth-order valence-corrected chi connectivity index (χ4v) is 1.79. The van der Waals surface area contributed by atoms with Crippen molar-refractivity contribution in [3.63, 3.8) is 0 Å². The van der Waals surface area contributed by atoms with Crippen LogP contribution in [0.15, 0.2) is 34.8 Å². The Kier molecular flexibility index (Phi) is 3.47. The van der Waals surface area contributed by atoms with Gasteiger partial charge in [0.2, 0.25) is 5.82 Å². The zero-order valence-electron chi connectivity index (χ0n) is 8.88. The minimum absolute atomic E-state index is 0.0103. The molecule has 94 valence electrons. The smallest absolute Gasteiger partial charge is 0.201 e. The van der Waals surface area contributed by atoms with Crippen molar-refractivity contribution in [2.45, 2.75) is 0 Å². The standard InChI is InChI=1S/C12H7BrF3NO/c13-6-1-10(15)12(16)11(2-6)18-9-4-7(14)3-8(17)5-9/h1-5H,17H2. The number of nitrogens with two attached hydrogens (primary N) is 1. The molecular formula is C12H7BrF3NO. The average Bonchev–Trinajstić information content (AvgIpc) is 2.23. The molecule has 6 heteroatoms. The molecule has 0 aliphatic carbocycles. The molecule has 0 heterocycles. The first-order chi connectivity index (χ1) is 8.45. The summed E-state index contributed by atoms with van der Waals surface area (Å²) in [5, 5.41) is 0.